The summed E-state index contributed by atoms with van der Waals surface area (Å²) in [7, 11) is -10.4. The van der Waals surface area contributed by atoms with Crippen LogP contribution in [0.1, 0.15) is 12.5 Å². The van der Waals surface area contributed by atoms with E-state index in [9.17, 15) is 28.5 Å². The molecule has 6 heterocycles. The van der Waals surface area contributed by atoms with Gasteiger partial charge in [-0.05, 0) is 0 Å². The van der Waals surface area contributed by atoms with E-state index in [1.54, 1.807) is 0 Å². The highest BCUT2D eigenvalue weighted by molar-refractivity contribution is 7.47. The van der Waals surface area contributed by atoms with Crippen LogP contribution in [0, 0.1) is 0 Å². The van der Waals surface area contributed by atoms with Crippen molar-refractivity contribution < 1.29 is 55.3 Å². The van der Waals surface area contributed by atoms with Gasteiger partial charge in [-0.25, -0.2) is 37.7 Å². The van der Waals surface area contributed by atoms with E-state index in [2.05, 4.69) is 15.0 Å². The van der Waals surface area contributed by atoms with Gasteiger partial charge in [0, 0.05) is 12.3 Å². The summed E-state index contributed by atoms with van der Waals surface area (Å²) in [5.41, 5.74) is 4.05. The number of phosphoric ester groups is 2. The number of hydrogen-bond acceptors (Lipinski definition) is 14. The first kappa shape index (κ1) is 29.1. The summed E-state index contributed by atoms with van der Waals surface area (Å²) in [4.78, 5) is 58.2. The van der Waals surface area contributed by atoms with Crippen LogP contribution in [0.25, 0.3) is 11.2 Å². The van der Waals surface area contributed by atoms with Crippen LogP contribution in [0.3, 0.4) is 0 Å². The highest BCUT2D eigenvalue weighted by atomic mass is 31.2. The summed E-state index contributed by atoms with van der Waals surface area (Å²) in [5.74, 6) is -0.0257. The van der Waals surface area contributed by atoms with Crippen molar-refractivity contribution in [3.05, 3.63) is 45.8 Å². The van der Waals surface area contributed by atoms with Gasteiger partial charge in [-0.15, -0.1) is 0 Å². The van der Waals surface area contributed by atoms with Gasteiger partial charge in [-0.1, -0.05) is 0 Å². The number of nitrogens with zero attached hydrogens (tertiary/aromatic N) is 5. The second kappa shape index (κ2) is 10.6. The molecule has 0 saturated carbocycles. The topological polar surface area (TPSA) is 254 Å². The van der Waals surface area contributed by atoms with Gasteiger partial charge in [0.15, 0.2) is 36.3 Å². The molecule has 10 atom stereocenters. The minimum Gasteiger partial charge on any atom is -0.382 e. The van der Waals surface area contributed by atoms with E-state index in [4.69, 9.17) is 33.3 Å². The van der Waals surface area contributed by atoms with Gasteiger partial charge in [0.05, 0.1) is 19.5 Å². The number of H-pyrrole nitrogens is 1. The zero-order chi connectivity index (χ0) is 30.0. The third kappa shape index (κ3) is 5.32. The number of nitrogens with two attached hydrogens (primary N) is 1. The van der Waals surface area contributed by atoms with Gasteiger partial charge in [-0.2, -0.15) is 0 Å². The molecule has 0 spiro atoms. The Morgan fingerprint density at radius 1 is 0.929 bits per heavy atom. The van der Waals surface area contributed by atoms with Crippen LogP contribution >= 0.6 is 15.6 Å². The number of imidazole rings is 1. The summed E-state index contributed by atoms with van der Waals surface area (Å²) in [6.45, 7) is -1.98. The fourth-order valence-electron chi connectivity index (χ4n) is 4.73. The lowest BCUT2D eigenvalue weighted by molar-refractivity contribution is -0.0678. The number of rotatable bonds is 2. The highest BCUT2D eigenvalue weighted by Gasteiger charge is 2.55. The summed E-state index contributed by atoms with van der Waals surface area (Å²) < 4.78 is 89.6. The highest BCUT2D eigenvalue weighted by Crippen LogP contribution is 2.54. The first-order valence-electron chi connectivity index (χ1n) is 12.0. The summed E-state index contributed by atoms with van der Waals surface area (Å²) in [5, 5.41) is 0. The predicted molar refractivity (Wildman–Crippen MR) is 130 cm³/mol. The predicted octanol–water partition coefficient (Wildman–Crippen LogP) is -0.552. The molecule has 6 rings (SSSR count). The van der Waals surface area contributed by atoms with E-state index in [0.29, 0.717) is 4.57 Å². The van der Waals surface area contributed by atoms with E-state index >= 15 is 8.78 Å². The van der Waals surface area contributed by atoms with Gasteiger partial charge in [-0.3, -0.25) is 37.0 Å². The largest absolute Gasteiger partial charge is 0.472 e. The molecule has 3 aromatic rings. The molecule has 0 radical (unpaired) electrons. The number of nitrogens with one attached hydrogen (secondary N) is 1. The number of halogens is 2. The van der Waals surface area contributed by atoms with Crippen LogP contribution in [-0.4, -0.2) is 88.8 Å². The molecule has 3 saturated heterocycles. The number of alkyl halides is 2. The van der Waals surface area contributed by atoms with E-state index in [1.165, 1.54) is 0 Å². The van der Waals surface area contributed by atoms with Gasteiger partial charge in [0.25, 0.3) is 5.56 Å². The lowest BCUT2D eigenvalue weighted by atomic mass is 10.1. The monoisotopic (exact) mass is 639 g/mol. The molecule has 3 aliphatic heterocycles. The SMILES string of the molecule is Nc1ncnc2c1ncn2[C@@H]1O[C@@H]2COP(=O)(O)O[C@H]3[C@@H](F)[C@H](n4ccc(=O)[nH]c4=O)O[C@@H]3COP(=O)(O)O[C@@H]1[C@@H]2F. The summed E-state index contributed by atoms with van der Waals surface area (Å²) >= 11 is 0. The Balaban J connectivity index is 1.32. The zero-order valence-electron chi connectivity index (χ0n) is 20.8. The fraction of sp³-hybridized carbons (Fsp3) is 0.526. The Morgan fingerprint density at radius 2 is 1.60 bits per heavy atom. The number of aromatic nitrogens is 6. The van der Waals surface area contributed by atoms with E-state index in [1.807, 2.05) is 4.98 Å². The Kier molecular flexibility index (Phi) is 7.37. The van der Waals surface area contributed by atoms with Gasteiger partial charge >= 0.3 is 21.3 Å². The number of fused-ring (bicyclic) bond motifs is 4. The van der Waals surface area contributed by atoms with E-state index in [-0.39, 0.29) is 17.0 Å². The van der Waals surface area contributed by atoms with Crippen LogP contribution in [-0.2, 0) is 36.7 Å². The molecule has 228 valence electrons. The maximum absolute atomic E-state index is 15.6. The second-order valence-electron chi connectivity index (χ2n) is 9.29. The van der Waals surface area contributed by atoms with E-state index < -0.39 is 89.3 Å². The molecule has 0 amide bonds. The average Bonchev–Trinajstić information content (AvgIpc) is 3.57. The Morgan fingerprint density at radius 3 is 2.31 bits per heavy atom. The maximum atomic E-state index is 15.6. The molecule has 3 fully saturated rings. The van der Waals surface area contributed by atoms with Crippen molar-refractivity contribution in [1.82, 2.24) is 29.1 Å². The van der Waals surface area contributed by atoms with Crippen LogP contribution in [0.4, 0.5) is 14.6 Å². The first-order chi connectivity index (χ1) is 19.8. The number of aromatic amines is 1. The van der Waals surface area contributed by atoms with Crippen molar-refractivity contribution in [2.45, 2.75) is 49.2 Å². The number of hydrogen-bond donors (Lipinski definition) is 4. The lowest BCUT2D eigenvalue weighted by Crippen LogP contribution is -2.36. The van der Waals surface area contributed by atoms with Crippen LogP contribution in [0.5, 0.6) is 0 Å². The number of anilines is 1. The molecule has 3 aliphatic rings. The molecule has 2 bridgehead atoms. The third-order valence-electron chi connectivity index (χ3n) is 6.63. The normalized spacial score (nSPS) is 39.3. The minimum absolute atomic E-state index is 0.0257. The Labute approximate surface area is 231 Å². The molecule has 3 aromatic heterocycles. The Hall–Kier alpha value is -2.97. The van der Waals surface area contributed by atoms with Gasteiger partial charge in [0.2, 0.25) is 0 Å². The Bertz CT molecular complexity index is 1720. The number of nitrogen functional groups attached to an aromatic ring is 1. The van der Waals surface area contributed by atoms with Crippen molar-refractivity contribution in [2.75, 3.05) is 18.9 Å². The fourth-order valence-corrected chi connectivity index (χ4v) is 6.61. The van der Waals surface area contributed by atoms with Crippen LogP contribution < -0.4 is 17.0 Å². The van der Waals surface area contributed by atoms with Gasteiger partial charge in [0.1, 0.15) is 36.3 Å². The molecule has 2 unspecified atom stereocenters. The van der Waals surface area contributed by atoms with Crippen molar-refractivity contribution >= 4 is 32.6 Å². The molecular weight excluding hydrogens is 618 g/mol. The average molecular weight is 639 g/mol. The summed E-state index contributed by atoms with van der Waals surface area (Å²) in [6, 6.07) is 0.891. The van der Waals surface area contributed by atoms with Crippen molar-refractivity contribution in [3.8, 4) is 0 Å². The second-order valence-corrected chi connectivity index (χ2v) is 12.1. The summed E-state index contributed by atoms with van der Waals surface area (Å²) in [6.07, 6.45) is -12.2. The smallest absolute Gasteiger partial charge is 0.382 e. The molecule has 19 nitrogen and oxygen atoms in total. The number of ether oxygens (including phenoxy) is 2. The number of phosphoric acid groups is 2. The van der Waals surface area contributed by atoms with Crippen LogP contribution in [0.2, 0.25) is 0 Å². The maximum Gasteiger partial charge on any atom is 0.472 e. The molecule has 0 aliphatic carbocycles. The standard InChI is InChI=1S/C19H21F2N7O12P2/c20-10-7-3-35-41(31,32)39-13-8(38-17(11(13)21)27-2-1-9(29)26-19(27)30)4-36-42(33,34)40-14(10)18(37-7)28-6-25-12-15(22)23-5-24-16(12)28/h1-2,5-8,10-11,13-14,17-18H,3-4H2,(H,31,32)(H,33,34)(H2,22,23,24)(H,26,29,30)/t7-,8-,10-,11-,13-,14-,17-,18-/m1/s1. The van der Waals surface area contributed by atoms with Crippen LogP contribution in [0.15, 0.2) is 34.5 Å². The van der Waals surface area contributed by atoms with Crippen molar-refractivity contribution in [1.29, 1.82) is 0 Å². The first-order valence-corrected chi connectivity index (χ1v) is 15.0. The minimum atomic E-state index is -5.21. The van der Waals surface area contributed by atoms with Gasteiger partial charge < -0.3 is 25.0 Å². The van der Waals surface area contributed by atoms with Crippen molar-refractivity contribution in [2.24, 2.45) is 0 Å². The molecule has 23 heteroatoms. The molecule has 5 N–H and O–H groups in total. The van der Waals surface area contributed by atoms with E-state index in [0.717, 1.165) is 29.5 Å². The molecule has 42 heavy (non-hydrogen) atoms. The molecule has 0 aromatic carbocycles. The third-order valence-corrected chi connectivity index (χ3v) is 8.60. The lowest BCUT2D eigenvalue weighted by Gasteiger charge is -2.25. The zero-order valence-corrected chi connectivity index (χ0v) is 22.6. The van der Waals surface area contributed by atoms with Crippen molar-refractivity contribution in [3.63, 3.8) is 0 Å². The molecular formula is C19H21F2N7O12P2. The quantitative estimate of drug-likeness (QED) is 0.257.